The van der Waals surface area contributed by atoms with Crippen LogP contribution >= 0.6 is 0 Å². The van der Waals surface area contributed by atoms with Crippen LogP contribution in [-0.2, 0) is 4.79 Å². The lowest BCUT2D eigenvalue weighted by atomic mass is 9.67. The standard InChI is InChI=1S/C18H24F2N2O2/c1-12(13-5-4-7-15(9-13)24-17(19)20)22-16(23)18-8-3-2-6-14(18)10-21-11-18/h4-5,7,9,12,14,17,21H,2-3,6,8,10-11H2,1H3,(H,22,23)/t12?,14-,18+/m0/s1. The molecule has 24 heavy (non-hydrogen) atoms. The number of carbonyl (C=O) groups excluding carboxylic acids is 1. The van der Waals surface area contributed by atoms with E-state index in [1.54, 1.807) is 12.1 Å². The lowest BCUT2D eigenvalue weighted by Crippen LogP contribution is -2.48. The quantitative estimate of drug-likeness (QED) is 0.866. The van der Waals surface area contributed by atoms with Gasteiger partial charge in [-0.05, 0) is 49.9 Å². The second-order valence-electron chi connectivity index (χ2n) is 6.88. The number of ether oxygens (including phenoxy) is 1. The maximum atomic E-state index is 12.9. The van der Waals surface area contributed by atoms with Gasteiger partial charge in [0.15, 0.2) is 0 Å². The highest BCUT2D eigenvalue weighted by molar-refractivity contribution is 5.84. The van der Waals surface area contributed by atoms with Gasteiger partial charge in [-0.3, -0.25) is 4.79 Å². The molecule has 1 heterocycles. The number of hydrogen-bond donors (Lipinski definition) is 2. The van der Waals surface area contributed by atoms with E-state index in [1.165, 1.54) is 12.5 Å². The molecule has 1 aromatic rings. The first-order valence-corrected chi connectivity index (χ1v) is 8.58. The molecular formula is C18H24F2N2O2. The SMILES string of the molecule is CC(NC(=O)[C@@]12CCCC[C@H]1CNC2)c1cccc(OC(F)F)c1. The summed E-state index contributed by atoms with van der Waals surface area (Å²) >= 11 is 0. The molecule has 1 aliphatic heterocycles. The minimum absolute atomic E-state index is 0.0740. The number of benzene rings is 1. The van der Waals surface area contributed by atoms with Crippen molar-refractivity contribution in [1.82, 2.24) is 10.6 Å². The van der Waals surface area contributed by atoms with Crippen LogP contribution in [0.5, 0.6) is 5.75 Å². The van der Waals surface area contributed by atoms with E-state index in [0.29, 0.717) is 5.92 Å². The van der Waals surface area contributed by atoms with Gasteiger partial charge >= 0.3 is 6.61 Å². The molecule has 0 radical (unpaired) electrons. The van der Waals surface area contributed by atoms with Gasteiger partial charge in [-0.1, -0.05) is 25.0 Å². The molecule has 132 valence electrons. The Kier molecular flexibility index (Phi) is 5.04. The Balaban J connectivity index is 1.70. The van der Waals surface area contributed by atoms with E-state index in [2.05, 4.69) is 15.4 Å². The molecule has 4 nitrogen and oxygen atoms in total. The van der Waals surface area contributed by atoms with Crippen LogP contribution in [0.1, 0.15) is 44.2 Å². The fourth-order valence-electron chi connectivity index (χ4n) is 4.07. The summed E-state index contributed by atoms with van der Waals surface area (Å²) in [6.07, 6.45) is 4.27. The summed E-state index contributed by atoms with van der Waals surface area (Å²) in [6, 6.07) is 6.26. The van der Waals surface area contributed by atoms with E-state index in [0.717, 1.165) is 37.9 Å². The van der Waals surface area contributed by atoms with Crippen molar-refractivity contribution in [3.8, 4) is 5.75 Å². The van der Waals surface area contributed by atoms with Crippen molar-refractivity contribution >= 4 is 5.91 Å². The summed E-state index contributed by atoms with van der Waals surface area (Å²) < 4.78 is 29.1. The third-order valence-electron chi connectivity index (χ3n) is 5.42. The number of hydrogen-bond acceptors (Lipinski definition) is 3. The Morgan fingerprint density at radius 3 is 3.04 bits per heavy atom. The maximum Gasteiger partial charge on any atom is 0.387 e. The zero-order valence-electron chi connectivity index (χ0n) is 13.9. The van der Waals surface area contributed by atoms with Gasteiger partial charge in [-0.25, -0.2) is 0 Å². The molecule has 2 fully saturated rings. The third kappa shape index (κ3) is 3.38. The lowest BCUT2D eigenvalue weighted by molar-refractivity contribution is -0.134. The van der Waals surface area contributed by atoms with Gasteiger partial charge < -0.3 is 15.4 Å². The summed E-state index contributed by atoms with van der Waals surface area (Å²) in [5.74, 6) is 0.580. The molecule has 0 aromatic heterocycles. The molecule has 3 rings (SSSR count). The molecule has 6 heteroatoms. The van der Waals surface area contributed by atoms with Gasteiger partial charge in [0.1, 0.15) is 5.75 Å². The second-order valence-corrected chi connectivity index (χ2v) is 6.88. The van der Waals surface area contributed by atoms with E-state index in [4.69, 9.17) is 0 Å². The van der Waals surface area contributed by atoms with Gasteiger partial charge in [0.05, 0.1) is 11.5 Å². The molecule has 2 aliphatic rings. The van der Waals surface area contributed by atoms with Gasteiger partial charge in [0.2, 0.25) is 5.91 Å². The average molecular weight is 338 g/mol. The number of carbonyl (C=O) groups is 1. The summed E-state index contributed by atoms with van der Waals surface area (Å²) in [5.41, 5.74) is 0.445. The predicted molar refractivity (Wildman–Crippen MR) is 86.9 cm³/mol. The van der Waals surface area contributed by atoms with Crippen molar-refractivity contribution in [3.63, 3.8) is 0 Å². The van der Waals surface area contributed by atoms with E-state index in [1.807, 2.05) is 13.0 Å². The first-order chi connectivity index (χ1) is 11.5. The lowest BCUT2D eigenvalue weighted by Gasteiger charge is -2.38. The van der Waals surface area contributed by atoms with Crippen LogP contribution in [0, 0.1) is 11.3 Å². The van der Waals surface area contributed by atoms with E-state index < -0.39 is 6.61 Å². The minimum atomic E-state index is -2.85. The van der Waals surface area contributed by atoms with Crippen molar-refractivity contribution < 1.29 is 18.3 Å². The molecule has 1 aliphatic carbocycles. The number of nitrogens with one attached hydrogen (secondary N) is 2. The Labute approximate surface area is 141 Å². The first kappa shape index (κ1) is 17.1. The first-order valence-electron chi connectivity index (χ1n) is 8.58. The molecule has 2 N–H and O–H groups in total. The zero-order valence-corrected chi connectivity index (χ0v) is 13.9. The zero-order chi connectivity index (χ0) is 17.2. The Bertz CT molecular complexity index is 596. The monoisotopic (exact) mass is 338 g/mol. The molecule has 1 saturated carbocycles. The van der Waals surface area contributed by atoms with E-state index >= 15 is 0 Å². The van der Waals surface area contributed by atoms with Crippen LogP contribution in [0.25, 0.3) is 0 Å². The predicted octanol–water partition coefficient (Wildman–Crippen LogP) is 3.25. The summed E-state index contributed by atoms with van der Waals surface area (Å²) in [5, 5.41) is 6.45. The Hall–Kier alpha value is -1.69. The number of rotatable bonds is 5. The van der Waals surface area contributed by atoms with Crippen molar-refractivity contribution in [2.45, 2.75) is 45.3 Å². The molecular weight excluding hydrogens is 314 g/mol. The number of alkyl halides is 2. The number of amides is 1. The topological polar surface area (TPSA) is 50.4 Å². The average Bonchev–Trinajstić information content (AvgIpc) is 2.99. The largest absolute Gasteiger partial charge is 0.435 e. The van der Waals surface area contributed by atoms with Crippen molar-refractivity contribution in [2.24, 2.45) is 11.3 Å². The van der Waals surface area contributed by atoms with Crippen molar-refractivity contribution in [1.29, 1.82) is 0 Å². The van der Waals surface area contributed by atoms with Crippen LogP contribution in [-0.4, -0.2) is 25.6 Å². The van der Waals surface area contributed by atoms with Crippen molar-refractivity contribution in [3.05, 3.63) is 29.8 Å². The highest BCUT2D eigenvalue weighted by Crippen LogP contribution is 2.44. The highest BCUT2D eigenvalue weighted by atomic mass is 19.3. The van der Waals surface area contributed by atoms with Crippen LogP contribution in [0.2, 0.25) is 0 Å². The molecule has 0 spiro atoms. The van der Waals surface area contributed by atoms with Crippen LogP contribution in [0.15, 0.2) is 24.3 Å². The molecule has 1 amide bonds. The molecule has 1 aromatic carbocycles. The van der Waals surface area contributed by atoms with E-state index in [9.17, 15) is 13.6 Å². The minimum Gasteiger partial charge on any atom is -0.435 e. The van der Waals surface area contributed by atoms with Crippen LogP contribution in [0.4, 0.5) is 8.78 Å². The van der Waals surface area contributed by atoms with Gasteiger partial charge in [0.25, 0.3) is 0 Å². The normalized spacial score (nSPS) is 27.6. The van der Waals surface area contributed by atoms with Crippen LogP contribution < -0.4 is 15.4 Å². The van der Waals surface area contributed by atoms with Gasteiger partial charge in [-0.15, -0.1) is 0 Å². The van der Waals surface area contributed by atoms with Gasteiger partial charge in [0, 0.05) is 6.54 Å². The Morgan fingerprint density at radius 2 is 2.25 bits per heavy atom. The van der Waals surface area contributed by atoms with E-state index in [-0.39, 0.29) is 23.1 Å². The molecule has 1 unspecified atom stereocenters. The van der Waals surface area contributed by atoms with Crippen LogP contribution in [0.3, 0.4) is 0 Å². The third-order valence-corrected chi connectivity index (χ3v) is 5.42. The summed E-state index contributed by atoms with van der Waals surface area (Å²) in [4.78, 5) is 12.9. The fourth-order valence-corrected chi connectivity index (χ4v) is 4.07. The summed E-state index contributed by atoms with van der Waals surface area (Å²) in [7, 11) is 0. The highest BCUT2D eigenvalue weighted by Gasteiger charge is 2.49. The second kappa shape index (κ2) is 7.05. The summed E-state index contributed by atoms with van der Waals surface area (Å²) in [6.45, 7) is 0.650. The molecule has 0 bridgehead atoms. The van der Waals surface area contributed by atoms with Crippen molar-refractivity contribution in [2.75, 3.05) is 13.1 Å². The Morgan fingerprint density at radius 1 is 1.42 bits per heavy atom. The molecule has 3 atom stereocenters. The molecule has 1 saturated heterocycles. The number of fused-ring (bicyclic) bond motifs is 1. The maximum absolute atomic E-state index is 12.9. The fraction of sp³-hybridized carbons (Fsp3) is 0.611. The smallest absolute Gasteiger partial charge is 0.387 e. The number of halogens is 2. The van der Waals surface area contributed by atoms with Gasteiger partial charge in [-0.2, -0.15) is 8.78 Å².